The van der Waals surface area contributed by atoms with Gasteiger partial charge in [0.2, 0.25) is 0 Å². The summed E-state index contributed by atoms with van der Waals surface area (Å²) in [5.41, 5.74) is 1.96. The Labute approximate surface area is 129 Å². The van der Waals surface area contributed by atoms with Gasteiger partial charge >= 0.3 is 0 Å². The largest absolute Gasteiger partial charge is 0.392 e. The number of nitrogens with zero attached hydrogens (tertiary/aromatic N) is 2. The summed E-state index contributed by atoms with van der Waals surface area (Å²) in [6.07, 6.45) is 2.14. The van der Waals surface area contributed by atoms with Gasteiger partial charge in [0.25, 0.3) is 0 Å². The van der Waals surface area contributed by atoms with Gasteiger partial charge in [0.05, 0.1) is 13.2 Å². The Bertz CT molecular complexity index is 417. The van der Waals surface area contributed by atoms with Crippen molar-refractivity contribution in [1.82, 2.24) is 4.98 Å². The first-order valence-corrected chi connectivity index (χ1v) is 7.94. The fourth-order valence-corrected chi connectivity index (χ4v) is 2.53. The molecular formula is C17H30N2O2. The standard InChI is InChI=1S/C17H30N2O2/c1-6-15(7-2)19(8-9-21-5)17-11-14(12-20)10-16(18-17)13(3)4/h10-11,13,15,20H,6-9,12H2,1-5H3. The van der Waals surface area contributed by atoms with E-state index in [0.717, 1.165) is 36.5 Å². The molecule has 4 nitrogen and oxygen atoms in total. The lowest BCUT2D eigenvalue weighted by Crippen LogP contribution is -2.38. The lowest BCUT2D eigenvalue weighted by atomic mass is 10.1. The SMILES string of the molecule is CCC(CC)N(CCOC)c1cc(CO)cc(C(C)C)n1. The van der Waals surface area contributed by atoms with Gasteiger partial charge < -0.3 is 14.7 Å². The predicted octanol–water partition coefficient (Wildman–Crippen LogP) is 3.34. The van der Waals surface area contributed by atoms with Crippen LogP contribution in [-0.4, -0.2) is 36.4 Å². The van der Waals surface area contributed by atoms with Crippen LogP contribution >= 0.6 is 0 Å². The van der Waals surface area contributed by atoms with E-state index < -0.39 is 0 Å². The second-order valence-corrected chi connectivity index (χ2v) is 5.73. The summed E-state index contributed by atoms with van der Waals surface area (Å²) in [4.78, 5) is 7.12. The van der Waals surface area contributed by atoms with Crippen LogP contribution in [0.3, 0.4) is 0 Å². The van der Waals surface area contributed by atoms with Crippen molar-refractivity contribution in [2.75, 3.05) is 25.2 Å². The normalized spacial score (nSPS) is 11.4. The van der Waals surface area contributed by atoms with Gasteiger partial charge in [-0.05, 0) is 36.5 Å². The molecule has 0 aromatic carbocycles. The maximum atomic E-state index is 9.51. The fourth-order valence-electron chi connectivity index (χ4n) is 2.53. The average molecular weight is 294 g/mol. The van der Waals surface area contributed by atoms with E-state index >= 15 is 0 Å². The van der Waals surface area contributed by atoms with Gasteiger partial charge in [0, 0.05) is 25.4 Å². The Hall–Kier alpha value is -1.13. The van der Waals surface area contributed by atoms with E-state index in [1.807, 2.05) is 12.1 Å². The summed E-state index contributed by atoms with van der Waals surface area (Å²) >= 11 is 0. The summed E-state index contributed by atoms with van der Waals surface area (Å²) in [6.45, 7) is 10.2. The quantitative estimate of drug-likeness (QED) is 0.759. The van der Waals surface area contributed by atoms with Crippen molar-refractivity contribution >= 4 is 5.82 Å². The van der Waals surface area contributed by atoms with Crippen LogP contribution in [0.5, 0.6) is 0 Å². The van der Waals surface area contributed by atoms with Crippen molar-refractivity contribution in [3.8, 4) is 0 Å². The van der Waals surface area contributed by atoms with Crippen LogP contribution < -0.4 is 4.90 Å². The number of aliphatic hydroxyl groups is 1. The zero-order valence-corrected chi connectivity index (χ0v) is 14.1. The molecule has 0 aliphatic rings. The van der Waals surface area contributed by atoms with Gasteiger partial charge in [-0.15, -0.1) is 0 Å². The third kappa shape index (κ3) is 4.97. The second-order valence-electron chi connectivity index (χ2n) is 5.73. The van der Waals surface area contributed by atoms with E-state index in [4.69, 9.17) is 9.72 Å². The molecule has 0 aliphatic heterocycles. The molecule has 0 amide bonds. The molecule has 0 spiro atoms. The van der Waals surface area contributed by atoms with Crippen LogP contribution in [0.4, 0.5) is 5.82 Å². The van der Waals surface area contributed by atoms with E-state index in [1.54, 1.807) is 7.11 Å². The van der Waals surface area contributed by atoms with E-state index in [0.29, 0.717) is 18.6 Å². The molecule has 21 heavy (non-hydrogen) atoms. The minimum atomic E-state index is 0.0519. The average Bonchev–Trinajstić information content (AvgIpc) is 2.50. The van der Waals surface area contributed by atoms with Gasteiger partial charge in [0.1, 0.15) is 5.82 Å². The maximum absolute atomic E-state index is 9.51. The van der Waals surface area contributed by atoms with Crippen LogP contribution in [0.25, 0.3) is 0 Å². The molecule has 1 aromatic rings. The topological polar surface area (TPSA) is 45.6 Å². The first-order valence-electron chi connectivity index (χ1n) is 7.94. The third-order valence-corrected chi connectivity index (χ3v) is 3.88. The fraction of sp³-hybridized carbons (Fsp3) is 0.706. The summed E-state index contributed by atoms with van der Waals surface area (Å²) in [5, 5.41) is 9.51. The lowest BCUT2D eigenvalue weighted by Gasteiger charge is -2.32. The molecule has 0 aliphatic carbocycles. The monoisotopic (exact) mass is 294 g/mol. The molecule has 0 bridgehead atoms. The van der Waals surface area contributed by atoms with E-state index in [-0.39, 0.29) is 6.61 Å². The molecule has 4 heteroatoms. The van der Waals surface area contributed by atoms with Gasteiger partial charge in [-0.25, -0.2) is 4.98 Å². The first-order chi connectivity index (χ1) is 10.1. The molecule has 0 unspecified atom stereocenters. The van der Waals surface area contributed by atoms with Crippen LogP contribution in [0.1, 0.15) is 57.7 Å². The number of aromatic nitrogens is 1. The minimum Gasteiger partial charge on any atom is -0.392 e. The highest BCUT2D eigenvalue weighted by atomic mass is 16.5. The Morgan fingerprint density at radius 1 is 1.24 bits per heavy atom. The molecule has 1 aromatic heterocycles. The van der Waals surface area contributed by atoms with Crippen molar-refractivity contribution in [2.45, 2.75) is 59.1 Å². The van der Waals surface area contributed by atoms with Gasteiger partial charge in [0.15, 0.2) is 0 Å². The molecule has 0 fully saturated rings. The highest BCUT2D eigenvalue weighted by molar-refractivity contribution is 5.44. The summed E-state index contributed by atoms with van der Waals surface area (Å²) < 4.78 is 5.25. The summed E-state index contributed by atoms with van der Waals surface area (Å²) in [6, 6.07) is 4.44. The first kappa shape index (κ1) is 17.9. The molecule has 1 N–H and O–H groups in total. The number of hydrogen-bond acceptors (Lipinski definition) is 4. The third-order valence-electron chi connectivity index (χ3n) is 3.88. The van der Waals surface area contributed by atoms with Crippen LogP contribution in [0.15, 0.2) is 12.1 Å². The Kier molecular flexibility index (Phi) is 7.68. The smallest absolute Gasteiger partial charge is 0.129 e. The Morgan fingerprint density at radius 2 is 1.90 bits per heavy atom. The Balaban J connectivity index is 3.18. The molecule has 1 rings (SSSR count). The number of anilines is 1. The number of hydrogen-bond donors (Lipinski definition) is 1. The molecular weight excluding hydrogens is 264 g/mol. The van der Waals surface area contributed by atoms with Crippen LogP contribution in [-0.2, 0) is 11.3 Å². The molecule has 0 saturated heterocycles. The lowest BCUT2D eigenvalue weighted by molar-refractivity contribution is 0.202. The van der Waals surface area contributed by atoms with Crippen molar-refractivity contribution in [1.29, 1.82) is 0 Å². The number of rotatable bonds is 9. The number of aliphatic hydroxyl groups excluding tert-OH is 1. The van der Waals surface area contributed by atoms with Crippen molar-refractivity contribution in [3.05, 3.63) is 23.4 Å². The summed E-state index contributed by atoms with van der Waals surface area (Å²) in [7, 11) is 1.72. The van der Waals surface area contributed by atoms with Crippen molar-refractivity contribution in [2.24, 2.45) is 0 Å². The molecule has 120 valence electrons. The summed E-state index contributed by atoms with van der Waals surface area (Å²) in [5.74, 6) is 1.30. The van der Waals surface area contributed by atoms with E-state index in [9.17, 15) is 5.11 Å². The van der Waals surface area contributed by atoms with E-state index in [2.05, 4.69) is 32.6 Å². The number of methoxy groups -OCH3 is 1. The molecule has 0 radical (unpaired) electrons. The number of pyridine rings is 1. The highest BCUT2D eigenvalue weighted by Gasteiger charge is 2.18. The molecule has 1 heterocycles. The minimum absolute atomic E-state index is 0.0519. The van der Waals surface area contributed by atoms with E-state index in [1.165, 1.54) is 0 Å². The molecule has 0 atom stereocenters. The van der Waals surface area contributed by atoms with Crippen molar-refractivity contribution in [3.63, 3.8) is 0 Å². The second kappa shape index (κ2) is 9.00. The zero-order valence-electron chi connectivity index (χ0n) is 14.1. The van der Waals surface area contributed by atoms with Gasteiger partial charge in [-0.1, -0.05) is 27.7 Å². The highest BCUT2D eigenvalue weighted by Crippen LogP contribution is 2.23. The molecule has 0 saturated carbocycles. The zero-order chi connectivity index (χ0) is 15.8. The predicted molar refractivity (Wildman–Crippen MR) is 87.8 cm³/mol. The van der Waals surface area contributed by atoms with Gasteiger partial charge in [-0.3, -0.25) is 0 Å². The van der Waals surface area contributed by atoms with Crippen molar-refractivity contribution < 1.29 is 9.84 Å². The number of ether oxygens (including phenoxy) is 1. The van der Waals surface area contributed by atoms with Crippen LogP contribution in [0.2, 0.25) is 0 Å². The maximum Gasteiger partial charge on any atom is 0.129 e. The van der Waals surface area contributed by atoms with Crippen LogP contribution in [0, 0.1) is 0 Å². The Morgan fingerprint density at radius 3 is 2.38 bits per heavy atom. The van der Waals surface area contributed by atoms with Gasteiger partial charge in [-0.2, -0.15) is 0 Å².